The summed E-state index contributed by atoms with van der Waals surface area (Å²) in [6, 6.07) is 11.4. The fourth-order valence-corrected chi connectivity index (χ4v) is 3.57. The van der Waals surface area contributed by atoms with Crippen LogP contribution in [0, 0.1) is 12.8 Å². The maximum absolute atomic E-state index is 12.4. The Morgan fingerprint density at radius 1 is 1.10 bits per heavy atom. The van der Waals surface area contributed by atoms with E-state index in [2.05, 4.69) is 5.32 Å². The predicted molar refractivity (Wildman–Crippen MR) is 120 cm³/mol. The molecule has 0 bridgehead atoms. The van der Waals surface area contributed by atoms with Crippen LogP contribution in [0.25, 0.3) is 6.08 Å². The number of carbonyl (C=O) groups is 2. The molecule has 0 saturated carbocycles. The highest BCUT2D eigenvalue weighted by Gasteiger charge is 2.30. The van der Waals surface area contributed by atoms with Crippen molar-refractivity contribution in [3.8, 4) is 17.2 Å². The molecule has 0 aliphatic carbocycles. The summed E-state index contributed by atoms with van der Waals surface area (Å²) in [4.78, 5) is 26.4. The first kappa shape index (κ1) is 22.2. The van der Waals surface area contributed by atoms with E-state index in [9.17, 15) is 9.59 Å². The zero-order valence-corrected chi connectivity index (χ0v) is 18.3. The summed E-state index contributed by atoms with van der Waals surface area (Å²) < 4.78 is 16.0. The Hall–Kier alpha value is -3.48. The van der Waals surface area contributed by atoms with Crippen molar-refractivity contribution < 1.29 is 23.8 Å². The highest BCUT2D eigenvalue weighted by atomic mass is 16.5. The molecule has 7 heteroatoms. The van der Waals surface area contributed by atoms with Gasteiger partial charge in [0, 0.05) is 37.2 Å². The molecule has 1 aliphatic rings. The molecule has 2 aromatic rings. The van der Waals surface area contributed by atoms with E-state index in [0.29, 0.717) is 36.8 Å². The van der Waals surface area contributed by atoms with Crippen molar-refractivity contribution in [2.75, 3.05) is 39.3 Å². The van der Waals surface area contributed by atoms with Crippen molar-refractivity contribution in [2.45, 2.75) is 13.3 Å². The molecule has 2 amide bonds. The first-order valence-corrected chi connectivity index (χ1v) is 10.1. The Labute approximate surface area is 182 Å². The first-order valence-electron chi connectivity index (χ1n) is 10.1. The third-order valence-electron chi connectivity index (χ3n) is 5.23. The van der Waals surface area contributed by atoms with Gasteiger partial charge in [0.05, 0.1) is 21.3 Å². The van der Waals surface area contributed by atoms with Crippen LogP contribution in [0.2, 0.25) is 0 Å². The molecule has 7 nitrogen and oxygen atoms in total. The molecule has 0 radical (unpaired) electrons. The minimum Gasteiger partial charge on any atom is -0.493 e. The van der Waals surface area contributed by atoms with E-state index in [-0.39, 0.29) is 17.7 Å². The molecule has 0 aromatic heterocycles. The van der Waals surface area contributed by atoms with Gasteiger partial charge in [0.2, 0.25) is 17.6 Å². The Morgan fingerprint density at radius 2 is 1.74 bits per heavy atom. The molecule has 31 heavy (non-hydrogen) atoms. The number of amides is 2. The lowest BCUT2D eigenvalue weighted by Crippen LogP contribution is -2.30. The fraction of sp³-hybridized carbons (Fsp3) is 0.333. The third-order valence-corrected chi connectivity index (χ3v) is 5.23. The maximum atomic E-state index is 12.4. The quantitative estimate of drug-likeness (QED) is 0.659. The molecular weight excluding hydrogens is 396 g/mol. The van der Waals surface area contributed by atoms with Gasteiger partial charge in [0.25, 0.3) is 0 Å². The summed E-state index contributed by atoms with van der Waals surface area (Å²) >= 11 is 0. The average Bonchev–Trinajstić information content (AvgIpc) is 3.16. The molecule has 1 N–H and O–H groups in total. The van der Waals surface area contributed by atoms with Crippen LogP contribution in [-0.2, 0) is 9.59 Å². The predicted octanol–water partition coefficient (Wildman–Crippen LogP) is 3.20. The number of rotatable bonds is 8. The first-order chi connectivity index (χ1) is 14.9. The molecular formula is C24H28N2O5. The standard InChI is InChI=1S/C24H28N2O5/c1-16-5-8-19(9-6-16)26-15-18(13-23(26)28)14-25-22(27)10-7-17-11-20(29-2)24(31-4)21(12-17)30-3/h5-12,18H,13-15H2,1-4H3,(H,25,27)/b10-7-. The van der Waals surface area contributed by atoms with Gasteiger partial charge in [-0.1, -0.05) is 17.7 Å². The Kier molecular flexibility index (Phi) is 7.18. The Bertz CT molecular complexity index is 943. The van der Waals surface area contributed by atoms with E-state index < -0.39 is 0 Å². The largest absolute Gasteiger partial charge is 0.493 e. The third kappa shape index (κ3) is 5.36. The van der Waals surface area contributed by atoms with E-state index in [0.717, 1.165) is 16.8 Å². The number of nitrogens with zero attached hydrogens (tertiary/aromatic N) is 1. The second-order valence-electron chi connectivity index (χ2n) is 7.45. The van der Waals surface area contributed by atoms with E-state index >= 15 is 0 Å². The maximum Gasteiger partial charge on any atom is 0.244 e. The van der Waals surface area contributed by atoms with Crippen molar-refractivity contribution >= 4 is 23.6 Å². The minimum absolute atomic E-state index is 0.0762. The van der Waals surface area contributed by atoms with Crippen molar-refractivity contribution in [1.82, 2.24) is 5.32 Å². The lowest BCUT2D eigenvalue weighted by Gasteiger charge is -2.17. The van der Waals surface area contributed by atoms with Crippen LogP contribution in [-0.4, -0.2) is 46.2 Å². The number of hydrogen-bond donors (Lipinski definition) is 1. The minimum atomic E-state index is -0.227. The summed E-state index contributed by atoms with van der Waals surface area (Å²) in [5.41, 5.74) is 2.79. The number of anilines is 1. The number of methoxy groups -OCH3 is 3. The SMILES string of the molecule is COc1cc(/C=C\C(=O)NCC2CC(=O)N(c3ccc(C)cc3)C2)cc(OC)c1OC. The van der Waals surface area contributed by atoms with Gasteiger partial charge in [-0.25, -0.2) is 0 Å². The van der Waals surface area contributed by atoms with E-state index in [4.69, 9.17) is 14.2 Å². The monoisotopic (exact) mass is 424 g/mol. The molecule has 1 heterocycles. The van der Waals surface area contributed by atoms with Crippen molar-refractivity contribution in [3.05, 3.63) is 53.6 Å². The van der Waals surface area contributed by atoms with Crippen LogP contribution in [0.1, 0.15) is 17.5 Å². The summed E-state index contributed by atoms with van der Waals surface area (Å²) in [7, 11) is 4.62. The summed E-state index contributed by atoms with van der Waals surface area (Å²) in [5, 5.41) is 2.88. The van der Waals surface area contributed by atoms with Crippen LogP contribution in [0.4, 0.5) is 5.69 Å². The summed E-state index contributed by atoms with van der Waals surface area (Å²) in [5.74, 6) is 1.46. The van der Waals surface area contributed by atoms with E-state index in [1.54, 1.807) is 37.3 Å². The van der Waals surface area contributed by atoms with Crippen molar-refractivity contribution in [2.24, 2.45) is 5.92 Å². The molecule has 1 saturated heterocycles. The highest BCUT2D eigenvalue weighted by Crippen LogP contribution is 2.38. The average molecular weight is 424 g/mol. The van der Waals surface area contributed by atoms with Crippen LogP contribution >= 0.6 is 0 Å². The fourth-order valence-electron chi connectivity index (χ4n) is 3.57. The second-order valence-corrected chi connectivity index (χ2v) is 7.45. The normalized spacial score (nSPS) is 15.9. The van der Waals surface area contributed by atoms with Crippen LogP contribution in [0.15, 0.2) is 42.5 Å². The summed E-state index contributed by atoms with van der Waals surface area (Å²) in [6.07, 6.45) is 3.55. The smallest absolute Gasteiger partial charge is 0.244 e. The topological polar surface area (TPSA) is 77.1 Å². The van der Waals surface area contributed by atoms with Gasteiger partial charge in [-0.05, 0) is 42.8 Å². The van der Waals surface area contributed by atoms with Gasteiger partial charge in [0.1, 0.15) is 0 Å². The Morgan fingerprint density at radius 3 is 2.32 bits per heavy atom. The molecule has 3 rings (SSSR count). The molecule has 0 spiro atoms. The van der Waals surface area contributed by atoms with Gasteiger partial charge >= 0.3 is 0 Å². The number of aryl methyl sites for hydroxylation is 1. The van der Waals surface area contributed by atoms with E-state index in [1.165, 1.54) is 13.2 Å². The van der Waals surface area contributed by atoms with Gasteiger partial charge in [-0.2, -0.15) is 0 Å². The molecule has 1 aliphatic heterocycles. The lowest BCUT2D eigenvalue weighted by molar-refractivity contribution is -0.118. The van der Waals surface area contributed by atoms with Crippen LogP contribution < -0.4 is 24.4 Å². The zero-order valence-electron chi connectivity index (χ0n) is 18.3. The number of carbonyl (C=O) groups excluding carboxylic acids is 2. The van der Waals surface area contributed by atoms with Crippen molar-refractivity contribution in [3.63, 3.8) is 0 Å². The van der Waals surface area contributed by atoms with E-state index in [1.807, 2.05) is 31.2 Å². The molecule has 164 valence electrons. The molecule has 1 unspecified atom stereocenters. The Balaban J connectivity index is 1.57. The van der Waals surface area contributed by atoms with Gasteiger partial charge in [0.15, 0.2) is 11.5 Å². The number of ether oxygens (including phenoxy) is 3. The van der Waals surface area contributed by atoms with Gasteiger partial charge in [-0.15, -0.1) is 0 Å². The molecule has 2 aromatic carbocycles. The number of nitrogens with one attached hydrogen (secondary N) is 1. The summed E-state index contributed by atoms with van der Waals surface area (Å²) in [6.45, 7) is 3.05. The highest BCUT2D eigenvalue weighted by molar-refractivity contribution is 5.96. The van der Waals surface area contributed by atoms with Crippen molar-refractivity contribution in [1.29, 1.82) is 0 Å². The number of hydrogen-bond acceptors (Lipinski definition) is 5. The van der Waals surface area contributed by atoms with Gasteiger partial charge < -0.3 is 24.4 Å². The lowest BCUT2D eigenvalue weighted by atomic mass is 10.1. The second kappa shape index (κ2) is 10.0. The molecule has 1 atom stereocenters. The zero-order chi connectivity index (χ0) is 22.4. The van der Waals surface area contributed by atoms with Gasteiger partial charge in [-0.3, -0.25) is 9.59 Å². The van der Waals surface area contributed by atoms with Crippen LogP contribution in [0.3, 0.4) is 0 Å². The number of benzene rings is 2. The molecule has 1 fully saturated rings. The van der Waals surface area contributed by atoms with Crippen LogP contribution in [0.5, 0.6) is 17.2 Å².